The topological polar surface area (TPSA) is 46.5 Å². The fourth-order valence-electron chi connectivity index (χ4n) is 7.41. The van der Waals surface area contributed by atoms with Crippen LogP contribution in [0, 0.1) is 28.6 Å². The molecule has 6 heteroatoms. The molecule has 0 aliphatic heterocycles. The largest absolute Gasteiger partial charge is 0.573 e. The second-order valence-corrected chi connectivity index (χ2v) is 10.9. The quantitative estimate of drug-likeness (QED) is 0.406. The van der Waals surface area contributed by atoms with Gasteiger partial charge < -0.3 is 9.84 Å². The van der Waals surface area contributed by atoms with Crippen molar-refractivity contribution >= 4 is 11.9 Å². The molecule has 0 aromatic heterocycles. The lowest BCUT2D eigenvalue weighted by atomic mass is 9.48. The number of hydrogen-bond acceptors (Lipinski definition) is 3. The van der Waals surface area contributed by atoms with E-state index in [2.05, 4.69) is 24.7 Å². The highest BCUT2D eigenvalue weighted by atomic mass is 19.4. The van der Waals surface area contributed by atoms with E-state index >= 15 is 0 Å². The molecular formula is C27H31F3O3. The Morgan fingerprint density at radius 2 is 1.73 bits per heavy atom. The Hall–Kier alpha value is -2.08. The number of rotatable bonds is 2. The van der Waals surface area contributed by atoms with Gasteiger partial charge in [-0.05, 0) is 97.5 Å². The van der Waals surface area contributed by atoms with Gasteiger partial charge in [0.25, 0.3) is 0 Å². The summed E-state index contributed by atoms with van der Waals surface area (Å²) in [6.07, 6.45) is 5.47. The minimum absolute atomic E-state index is 0.118. The summed E-state index contributed by atoms with van der Waals surface area (Å²) in [6.45, 7) is 4.48. The molecule has 6 atom stereocenters. The molecule has 0 unspecified atom stereocenters. The zero-order chi connectivity index (χ0) is 23.6. The van der Waals surface area contributed by atoms with Gasteiger partial charge in [0.2, 0.25) is 0 Å². The molecule has 33 heavy (non-hydrogen) atoms. The lowest BCUT2D eigenvalue weighted by molar-refractivity contribution is -0.274. The second kappa shape index (κ2) is 7.72. The minimum Gasteiger partial charge on any atom is -0.406 e. The molecular weight excluding hydrogens is 429 g/mol. The highest BCUT2D eigenvalue weighted by Gasteiger charge is 2.59. The number of fused-ring (bicyclic) bond motifs is 5. The van der Waals surface area contributed by atoms with Crippen molar-refractivity contribution in [1.29, 1.82) is 0 Å². The van der Waals surface area contributed by atoms with E-state index in [4.69, 9.17) is 0 Å². The van der Waals surface area contributed by atoms with Gasteiger partial charge in [0, 0.05) is 5.41 Å². The van der Waals surface area contributed by atoms with Gasteiger partial charge in [-0.2, -0.15) is 0 Å². The summed E-state index contributed by atoms with van der Waals surface area (Å²) in [7, 11) is 0. The van der Waals surface area contributed by atoms with Gasteiger partial charge >= 0.3 is 6.36 Å². The van der Waals surface area contributed by atoms with Crippen molar-refractivity contribution < 1.29 is 27.8 Å². The van der Waals surface area contributed by atoms with Gasteiger partial charge in [0.15, 0.2) is 5.78 Å². The van der Waals surface area contributed by atoms with E-state index in [1.807, 2.05) is 6.08 Å². The molecule has 3 nitrogen and oxygen atoms in total. The van der Waals surface area contributed by atoms with Crippen LogP contribution >= 0.6 is 0 Å². The lowest BCUT2D eigenvalue weighted by Crippen LogP contribution is -2.50. The third-order valence-electron chi connectivity index (χ3n) is 9.17. The van der Waals surface area contributed by atoms with Crippen LogP contribution in [0.2, 0.25) is 0 Å². The summed E-state index contributed by atoms with van der Waals surface area (Å²) in [5.74, 6) is 1.20. The molecule has 0 spiro atoms. The lowest BCUT2D eigenvalue weighted by Gasteiger charge is -2.56. The summed E-state index contributed by atoms with van der Waals surface area (Å²) in [5.41, 5.74) is 2.65. The SMILES string of the molecule is C[C@]12CC[C@@H](O)CC1=CC[C@H]1[C@H]2CC[C@]2(C)C(=O)/C(=C/c3ccc(OC(F)(F)F)cc3)C[C@H]12. The molecule has 0 saturated heterocycles. The minimum atomic E-state index is -4.72. The molecule has 3 saturated carbocycles. The van der Waals surface area contributed by atoms with Crippen LogP contribution in [0.3, 0.4) is 0 Å². The average molecular weight is 461 g/mol. The maximum atomic E-state index is 13.5. The molecule has 4 aliphatic rings. The van der Waals surface area contributed by atoms with Gasteiger partial charge in [-0.3, -0.25) is 4.79 Å². The molecule has 5 rings (SSSR count). The van der Waals surface area contributed by atoms with Crippen molar-refractivity contribution in [3.05, 3.63) is 47.1 Å². The fraction of sp³-hybridized carbons (Fsp3) is 0.593. The molecule has 0 amide bonds. The number of benzene rings is 1. The molecule has 3 fully saturated rings. The van der Waals surface area contributed by atoms with Gasteiger partial charge in [0.05, 0.1) is 6.10 Å². The average Bonchev–Trinajstić information content (AvgIpc) is 2.99. The predicted octanol–water partition coefficient (Wildman–Crippen LogP) is 6.47. The standard InChI is InChI=1S/C27H31F3O3/c1-25-11-9-19(31)15-18(25)5-8-21-22(25)10-12-26(2)23(21)14-17(24(26)32)13-16-3-6-20(7-4-16)33-27(28,29)30/h3-7,13,19,21-23,31H,8-12,14-15H2,1-2H3/b17-13+/t19-,21+,22-,23-,25+,26+/m1/s1. The molecule has 0 bridgehead atoms. The van der Waals surface area contributed by atoms with Gasteiger partial charge in [-0.15, -0.1) is 13.2 Å². The Labute approximate surface area is 192 Å². The smallest absolute Gasteiger partial charge is 0.406 e. The van der Waals surface area contributed by atoms with Gasteiger partial charge in [0.1, 0.15) is 5.75 Å². The van der Waals surface area contributed by atoms with Crippen molar-refractivity contribution in [1.82, 2.24) is 0 Å². The van der Waals surface area contributed by atoms with E-state index in [0.29, 0.717) is 17.4 Å². The highest BCUT2D eigenvalue weighted by molar-refractivity contribution is 6.05. The fourth-order valence-corrected chi connectivity index (χ4v) is 7.41. The first-order valence-electron chi connectivity index (χ1n) is 12.0. The predicted molar refractivity (Wildman–Crippen MR) is 119 cm³/mol. The van der Waals surface area contributed by atoms with Crippen LogP contribution < -0.4 is 4.74 Å². The molecule has 0 radical (unpaired) electrons. The van der Waals surface area contributed by atoms with Crippen LogP contribution in [0.4, 0.5) is 13.2 Å². The summed E-state index contributed by atoms with van der Waals surface area (Å²) in [5, 5.41) is 10.2. The number of carbonyl (C=O) groups excluding carboxylic acids is 1. The van der Waals surface area contributed by atoms with Crippen molar-refractivity contribution in [2.45, 2.75) is 71.3 Å². The van der Waals surface area contributed by atoms with Crippen LogP contribution in [0.15, 0.2) is 41.5 Å². The van der Waals surface area contributed by atoms with Crippen molar-refractivity contribution in [3.63, 3.8) is 0 Å². The number of hydrogen-bond donors (Lipinski definition) is 1. The van der Waals surface area contributed by atoms with E-state index in [0.717, 1.165) is 50.5 Å². The summed E-state index contributed by atoms with van der Waals surface area (Å²) in [6, 6.07) is 5.71. The Kier molecular flexibility index (Phi) is 5.31. The number of aliphatic hydroxyl groups is 1. The number of aliphatic hydroxyl groups excluding tert-OH is 1. The van der Waals surface area contributed by atoms with Crippen LogP contribution in [-0.4, -0.2) is 23.4 Å². The summed E-state index contributed by atoms with van der Waals surface area (Å²) < 4.78 is 41.2. The zero-order valence-electron chi connectivity index (χ0n) is 19.1. The van der Waals surface area contributed by atoms with Crippen LogP contribution in [0.1, 0.15) is 64.4 Å². The maximum absolute atomic E-state index is 13.5. The number of carbonyl (C=O) groups is 1. The van der Waals surface area contributed by atoms with E-state index in [-0.39, 0.29) is 34.4 Å². The van der Waals surface area contributed by atoms with E-state index < -0.39 is 6.36 Å². The van der Waals surface area contributed by atoms with E-state index in [1.54, 1.807) is 12.1 Å². The molecule has 178 valence electrons. The Morgan fingerprint density at radius 3 is 2.42 bits per heavy atom. The van der Waals surface area contributed by atoms with Gasteiger partial charge in [-0.25, -0.2) is 0 Å². The molecule has 1 aromatic rings. The maximum Gasteiger partial charge on any atom is 0.573 e. The zero-order valence-corrected chi connectivity index (χ0v) is 19.1. The monoisotopic (exact) mass is 460 g/mol. The Morgan fingerprint density at radius 1 is 1.03 bits per heavy atom. The summed E-state index contributed by atoms with van der Waals surface area (Å²) >= 11 is 0. The van der Waals surface area contributed by atoms with Crippen molar-refractivity contribution in [3.8, 4) is 5.75 Å². The van der Waals surface area contributed by atoms with Gasteiger partial charge in [-0.1, -0.05) is 37.6 Å². The van der Waals surface area contributed by atoms with Crippen LogP contribution in [0.25, 0.3) is 6.08 Å². The van der Waals surface area contributed by atoms with Crippen molar-refractivity contribution in [2.24, 2.45) is 28.6 Å². The Bertz CT molecular complexity index is 1010. The molecule has 1 aromatic carbocycles. The summed E-state index contributed by atoms with van der Waals surface area (Å²) in [4.78, 5) is 13.5. The number of alkyl halides is 3. The van der Waals surface area contributed by atoms with Crippen molar-refractivity contribution in [2.75, 3.05) is 0 Å². The third kappa shape index (κ3) is 3.84. The first kappa shape index (κ1) is 22.7. The molecule has 1 N–H and O–H groups in total. The van der Waals surface area contributed by atoms with E-state index in [9.17, 15) is 23.1 Å². The number of halogens is 3. The first-order chi connectivity index (χ1) is 15.5. The highest BCUT2D eigenvalue weighted by Crippen LogP contribution is 2.64. The second-order valence-electron chi connectivity index (χ2n) is 10.9. The van der Waals surface area contributed by atoms with Crippen LogP contribution in [0.5, 0.6) is 5.75 Å². The van der Waals surface area contributed by atoms with E-state index in [1.165, 1.54) is 17.7 Å². The third-order valence-corrected chi connectivity index (χ3v) is 9.17. The molecule has 0 heterocycles. The normalized spacial score (nSPS) is 39.5. The number of ketones is 1. The number of allylic oxidation sites excluding steroid dienone is 2. The Balaban J connectivity index is 1.40. The number of ether oxygens (including phenoxy) is 1. The first-order valence-corrected chi connectivity index (χ1v) is 12.0. The molecule has 4 aliphatic carbocycles. The van der Waals surface area contributed by atoms with Crippen LogP contribution in [-0.2, 0) is 4.79 Å². The number of Topliss-reactive ketones (excluding diaryl/α,β-unsaturated/α-hetero) is 1.